The predicted molar refractivity (Wildman–Crippen MR) is 55.9 cm³/mol. The Labute approximate surface area is 84.5 Å². The van der Waals surface area contributed by atoms with E-state index in [1.54, 1.807) is 0 Å². The molecule has 0 aliphatic heterocycles. The zero-order valence-electron chi connectivity index (χ0n) is 8.42. The van der Waals surface area contributed by atoms with Gasteiger partial charge in [0.25, 0.3) is 0 Å². The lowest BCUT2D eigenvalue weighted by molar-refractivity contribution is 0.0445. The van der Waals surface area contributed by atoms with Crippen LogP contribution in [-0.2, 0) is 6.54 Å². The summed E-state index contributed by atoms with van der Waals surface area (Å²) < 4.78 is 0. The molecule has 1 heterocycles. The van der Waals surface area contributed by atoms with Crippen LogP contribution in [0.2, 0.25) is 0 Å². The van der Waals surface area contributed by atoms with E-state index in [4.69, 9.17) is 0 Å². The molecule has 3 N–H and O–H groups in total. The van der Waals surface area contributed by atoms with Crippen LogP contribution in [0.25, 0.3) is 0 Å². The largest absolute Gasteiger partial charge is 0.396 e. The Morgan fingerprint density at radius 3 is 2.86 bits per heavy atom. The van der Waals surface area contributed by atoms with Crippen LogP contribution in [-0.4, -0.2) is 23.2 Å². The number of nitrogens with one attached hydrogen (secondary N) is 2. The molecule has 0 spiro atoms. The minimum atomic E-state index is 0.191. The number of H-pyrrole nitrogens is 1. The molecule has 0 saturated heterocycles. The van der Waals surface area contributed by atoms with Crippen LogP contribution < -0.4 is 5.32 Å². The first-order valence-electron chi connectivity index (χ1n) is 5.28. The molecule has 1 aromatic heterocycles. The molecule has 0 aromatic carbocycles. The van der Waals surface area contributed by atoms with Crippen molar-refractivity contribution in [2.45, 2.75) is 25.8 Å². The highest BCUT2D eigenvalue weighted by Gasteiger charge is 2.35. The van der Waals surface area contributed by atoms with Crippen molar-refractivity contribution in [3.05, 3.63) is 24.0 Å². The highest BCUT2D eigenvalue weighted by molar-refractivity contribution is 5.07. The molecular weight excluding hydrogens is 176 g/mol. The third-order valence-electron chi connectivity index (χ3n) is 3.24. The molecule has 1 saturated carbocycles. The van der Waals surface area contributed by atoms with E-state index in [9.17, 15) is 5.11 Å². The maximum Gasteiger partial charge on any atom is 0.0499 e. The van der Waals surface area contributed by atoms with Crippen LogP contribution in [0.4, 0.5) is 0 Å². The molecule has 78 valence electrons. The fraction of sp³-hybridized carbons (Fsp3) is 0.636. The molecule has 3 heteroatoms. The number of hydrogen-bond acceptors (Lipinski definition) is 2. The van der Waals surface area contributed by atoms with E-state index in [1.807, 2.05) is 12.4 Å². The molecule has 1 aromatic rings. The van der Waals surface area contributed by atoms with Gasteiger partial charge in [0.05, 0.1) is 0 Å². The molecule has 0 radical (unpaired) electrons. The highest BCUT2D eigenvalue weighted by Crippen LogP contribution is 2.39. The number of hydrogen-bond donors (Lipinski definition) is 3. The van der Waals surface area contributed by atoms with Gasteiger partial charge in [-0.3, -0.25) is 0 Å². The van der Waals surface area contributed by atoms with Gasteiger partial charge in [-0.05, 0) is 24.5 Å². The van der Waals surface area contributed by atoms with E-state index in [0.717, 1.165) is 13.1 Å². The minimum absolute atomic E-state index is 0.191. The third-order valence-corrected chi connectivity index (χ3v) is 3.24. The van der Waals surface area contributed by atoms with E-state index in [-0.39, 0.29) is 5.41 Å². The number of rotatable bonds is 5. The minimum Gasteiger partial charge on any atom is -0.396 e. The van der Waals surface area contributed by atoms with Crippen molar-refractivity contribution in [3.63, 3.8) is 0 Å². The fourth-order valence-electron chi connectivity index (χ4n) is 2.01. The Bertz CT molecular complexity index is 259. The summed E-state index contributed by atoms with van der Waals surface area (Å²) in [6.07, 6.45) is 7.54. The Morgan fingerprint density at radius 1 is 1.50 bits per heavy atom. The average Bonchev–Trinajstić information content (AvgIpc) is 2.62. The smallest absolute Gasteiger partial charge is 0.0499 e. The van der Waals surface area contributed by atoms with Crippen LogP contribution >= 0.6 is 0 Å². The summed E-state index contributed by atoms with van der Waals surface area (Å²) in [5.41, 5.74) is 1.47. The summed E-state index contributed by atoms with van der Waals surface area (Å²) in [4.78, 5) is 3.03. The molecule has 0 amide bonds. The topological polar surface area (TPSA) is 48.0 Å². The highest BCUT2D eigenvalue weighted by atomic mass is 16.3. The van der Waals surface area contributed by atoms with Crippen molar-refractivity contribution in [2.24, 2.45) is 5.41 Å². The van der Waals surface area contributed by atoms with Crippen LogP contribution in [0.3, 0.4) is 0 Å². The lowest BCUT2D eigenvalue weighted by Gasteiger charge is -2.40. The molecule has 0 unspecified atom stereocenters. The molecule has 1 fully saturated rings. The summed E-state index contributed by atoms with van der Waals surface area (Å²) in [6, 6.07) is 2.07. The lowest BCUT2D eigenvalue weighted by Crippen LogP contribution is -2.42. The Morgan fingerprint density at radius 2 is 2.36 bits per heavy atom. The first-order valence-corrected chi connectivity index (χ1v) is 5.28. The number of aromatic nitrogens is 1. The zero-order valence-corrected chi connectivity index (χ0v) is 8.42. The van der Waals surface area contributed by atoms with E-state index < -0.39 is 0 Å². The van der Waals surface area contributed by atoms with Gasteiger partial charge in [0.15, 0.2) is 0 Å². The van der Waals surface area contributed by atoms with Gasteiger partial charge < -0.3 is 15.4 Å². The summed E-state index contributed by atoms with van der Waals surface area (Å²) >= 11 is 0. The van der Waals surface area contributed by atoms with E-state index in [2.05, 4.69) is 16.4 Å². The second-order valence-corrected chi connectivity index (χ2v) is 4.33. The molecule has 2 rings (SSSR count). The maximum atomic E-state index is 9.25. The van der Waals surface area contributed by atoms with Gasteiger partial charge in [-0.2, -0.15) is 0 Å². The Hall–Kier alpha value is -0.800. The molecule has 0 atom stereocenters. The SMILES string of the molecule is OCC1(CNCc2cc[nH]c2)CCC1. The van der Waals surface area contributed by atoms with Crippen LogP contribution in [0.1, 0.15) is 24.8 Å². The van der Waals surface area contributed by atoms with Gasteiger partial charge in [0, 0.05) is 37.5 Å². The number of aromatic amines is 1. The predicted octanol–water partition coefficient (Wildman–Crippen LogP) is 1.27. The summed E-state index contributed by atoms with van der Waals surface area (Å²) in [6.45, 7) is 2.16. The Kier molecular flexibility index (Phi) is 2.89. The zero-order chi connectivity index (χ0) is 9.86. The van der Waals surface area contributed by atoms with Crippen LogP contribution in [0.5, 0.6) is 0 Å². The van der Waals surface area contributed by atoms with Gasteiger partial charge in [-0.15, -0.1) is 0 Å². The van der Waals surface area contributed by atoms with Crippen LogP contribution in [0, 0.1) is 5.41 Å². The standard InChI is InChI=1S/C11H18N2O/c14-9-11(3-1-4-11)8-13-7-10-2-5-12-6-10/h2,5-6,12-14H,1,3-4,7-9H2. The molecule has 1 aliphatic rings. The second-order valence-electron chi connectivity index (χ2n) is 4.33. The maximum absolute atomic E-state index is 9.25. The summed E-state index contributed by atoms with van der Waals surface area (Å²) in [5, 5.41) is 12.6. The van der Waals surface area contributed by atoms with Gasteiger partial charge in [-0.25, -0.2) is 0 Å². The van der Waals surface area contributed by atoms with E-state index in [0.29, 0.717) is 6.61 Å². The number of aliphatic hydroxyl groups is 1. The van der Waals surface area contributed by atoms with Crippen LogP contribution in [0.15, 0.2) is 18.5 Å². The molecule has 14 heavy (non-hydrogen) atoms. The Balaban J connectivity index is 1.72. The van der Waals surface area contributed by atoms with Crippen molar-refractivity contribution in [3.8, 4) is 0 Å². The normalized spacial score (nSPS) is 19.2. The van der Waals surface area contributed by atoms with Gasteiger partial charge in [0.2, 0.25) is 0 Å². The fourth-order valence-corrected chi connectivity index (χ4v) is 2.01. The summed E-state index contributed by atoms with van der Waals surface area (Å²) in [5.74, 6) is 0. The molecule has 0 bridgehead atoms. The second kappa shape index (κ2) is 4.15. The first kappa shape index (κ1) is 9.74. The van der Waals surface area contributed by atoms with Gasteiger partial charge >= 0.3 is 0 Å². The van der Waals surface area contributed by atoms with Crippen molar-refractivity contribution < 1.29 is 5.11 Å². The lowest BCUT2D eigenvalue weighted by atomic mass is 9.69. The van der Waals surface area contributed by atoms with Crippen molar-refractivity contribution in [1.82, 2.24) is 10.3 Å². The van der Waals surface area contributed by atoms with Crippen molar-refractivity contribution in [2.75, 3.05) is 13.2 Å². The van der Waals surface area contributed by atoms with Crippen molar-refractivity contribution >= 4 is 0 Å². The van der Waals surface area contributed by atoms with E-state index in [1.165, 1.54) is 24.8 Å². The average molecular weight is 194 g/mol. The van der Waals surface area contributed by atoms with Crippen molar-refractivity contribution in [1.29, 1.82) is 0 Å². The molecule has 3 nitrogen and oxygen atoms in total. The third kappa shape index (κ3) is 1.99. The number of aliphatic hydroxyl groups excluding tert-OH is 1. The first-order chi connectivity index (χ1) is 6.85. The van der Waals surface area contributed by atoms with Gasteiger partial charge in [-0.1, -0.05) is 6.42 Å². The monoisotopic (exact) mass is 194 g/mol. The quantitative estimate of drug-likeness (QED) is 0.661. The molecular formula is C11H18N2O. The summed E-state index contributed by atoms with van der Waals surface area (Å²) in [7, 11) is 0. The van der Waals surface area contributed by atoms with E-state index >= 15 is 0 Å². The van der Waals surface area contributed by atoms with Gasteiger partial charge in [0.1, 0.15) is 0 Å². The molecule has 1 aliphatic carbocycles.